The molecule has 130 valence electrons. The molecule has 0 bridgehead atoms. The number of rotatable bonds is 4. The minimum Gasteiger partial charge on any atom is -0.399 e. The van der Waals surface area contributed by atoms with Crippen molar-refractivity contribution in [2.75, 3.05) is 29.0 Å². The van der Waals surface area contributed by atoms with Gasteiger partial charge in [0.25, 0.3) is 11.6 Å². The maximum atomic E-state index is 12.5. The van der Waals surface area contributed by atoms with Gasteiger partial charge in [-0.25, -0.2) is 0 Å². The second-order valence-electron chi connectivity index (χ2n) is 6.18. The lowest BCUT2D eigenvalue weighted by Crippen LogP contribution is -2.20. The molecule has 1 heterocycles. The van der Waals surface area contributed by atoms with Crippen LogP contribution < -0.4 is 16.0 Å². The highest BCUT2D eigenvalue weighted by Gasteiger charge is 2.24. The number of nitro groups is 1. The van der Waals surface area contributed by atoms with Gasteiger partial charge in [0.15, 0.2) is 0 Å². The Balaban J connectivity index is 1.89. The molecule has 0 atom stereocenters. The zero-order valence-corrected chi connectivity index (χ0v) is 14.0. The number of nitrogen functional groups attached to an aromatic ring is 1. The monoisotopic (exact) mass is 340 g/mol. The summed E-state index contributed by atoms with van der Waals surface area (Å²) in [6.45, 7) is 3.46. The van der Waals surface area contributed by atoms with E-state index in [0.29, 0.717) is 17.1 Å². The number of amides is 1. The Morgan fingerprint density at radius 2 is 1.92 bits per heavy atom. The number of hydrogen-bond donors (Lipinski definition) is 2. The Labute approximate surface area is 145 Å². The third kappa shape index (κ3) is 3.55. The number of benzene rings is 2. The minimum absolute atomic E-state index is 0.0427. The van der Waals surface area contributed by atoms with Crippen molar-refractivity contribution in [3.63, 3.8) is 0 Å². The van der Waals surface area contributed by atoms with Crippen LogP contribution in [0.3, 0.4) is 0 Å². The zero-order valence-electron chi connectivity index (χ0n) is 14.0. The molecule has 0 unspecified atom stereocenters. The van der Waals surface area contributed by atoms with E-state index in [4.69, 9.17) is 5.73 Å². The van der Waals surface area contributed by atoms with Crippen molar-refractivity contribution in [2.24, 2.45) is 0 Å². The lowest BCUT2D eigenvalue weighted by atomic mass is 10.1. The van der Waals surface area contributed by atoms with Gasteiger partial charge >= 0.3 is 0 Å². The smallest absolute Gasteiger partial charge is 0.293 e. The van der Waals surface area contributed by atoms with E-state index in [0.717, 1.165) is 31.5 Å². The lowest BCUT2D eigenvalue weighted by molar-refractivity contribution is -0.384. The van der Waals surface area contributed by atoms with Crippen LogP contribution in [0.1, 0.15) is 28.8 Å². The summed E-state index contributed by atoms with van der Waals surface area (Å²) in [7, 11) is 0. The Morgan fingerprint density at radius 1 is 1.20 bits per heavy atom. The average Bonchev–Trinajstić information content (AvgIpc) is 3.12. The van der Waals surface area contributed by atoms with E-state index in [1.165, 1.54) is 6.07 Å². The third-order valence-electron chi connectivity index (χ3n) is 4.39. The molecule has 7 nitrogen and oxygen atoms in total. The molecule has 0 saturated carbocycles. The molecule has 3 N–H and O–H groups in total. The van der Waals surface area contributed by atoms with E-state index in [1.807, 2.05) is 17.9 Å². The van der Waals surface area contributed by atoms with Crippen molar-refractivity contribution in [1.82, 2.24) is 0 Å². The van der Waals surface area contributed by atoms with Gasteiger partial charge in [0, 0.05) is 36.1 Å². The first-order valence-electron chi connectivity index (χ1n) is 8.16. The second kappa shape index (κ2) is 6.80. The Kier molecular flexibility index (Phi) is 4.56. The normalized spacial score (nSPS) is 13.7. The number of nitrogens with zero attached hydrogens (tertiary/aromatic N) is 2. The van der Waals surface area contributed by atoms with E-state index in [1.54, 1.807) is 24.3 Å². The van der Waals surface area contributed by atoms with Crippen molar-refractivity contribution in [3.8, 4) is 0 Å². The Bertz CT molecular complexity index is 829. The molecule has 0 spiro atoms. The number of aryl methyl sites for hydroxylation is 1. The van der Waals surface area contributed by atoms with E-state index < -0.39 is 10.8 Å². The Hall–Kier alpha value is -3.09. The number of carbonyl (C=O) groups excluding carboxylic acids is 1. The highest BCUT2D eigenvalue weighted by molar-refractivity contribution is 6.05. The highest BCUT2D eigenvalue weighted by Crippen LogP contribution is 2.32. The van der Waals surface area contributed by atoms with Crippen LogP contribution in [0.25, 0.3) is 0 Å². The summed E-state index contributed by atoms with van der Waals surface area (Å²) in [4.78, 5) is 25.5. The van der Waals surface area contributed by atoms with Gasteiger partial charge < -0.3 is 16.0 Å². The second-order valence-corrected chi connectivity index (χ2v) is 6.18. The SMILES string of the molecule is Cc1ccc(N)cc1NC(=O)c1ccc(N2CCCC2)c([N+](=O)[O-])c1. The summed E-state index contributed by atoms with van der Waals surface area (Å²) >= 11 is 0. The molecule has 1 saturated heterocycles. The third-order valence-corrected chi connectivity index (χ3v) is 4.39. The van der Waals surface area contributed by atoms with Gasteiger partial charge in [-0.2, -0.15) is 0 Å². The maximum absolute atomic E-state index is 12.5. The van der Waals surface area contributed by atoms with Crippen molar-refractivity contribution in [3.05, 3.63) is 57.6 Å². The van der Waals surface area contributed by atoms with Crippen LogP contribution in [-0.4, -0.2) is 23.9 Å². The number of nitro benzene ring substituents is 1. The number of hydrogen-bond acceptors (Lipinski definition) is 5. The van der Waals surface area contributed by atoms with Gasteiger partial charge in [-0.1, -0.05) is 6.07 Å². The standard InChI is InChI=1S/C18H20N4O3/c1-12-4-6-14(19)11-15(12)20-18(23)13-5-7-16(17(10-13)22(24)25)21-8-2-3-9-21/h4-7,10-11H,2-3,8-9,19H2,1H3,(H,20,23). The molecule has 3 rings (SSSR count). The predicted octanol–water partition coefficient (Wildman–Crippen LogP) is 3.34. The van der Waals surface area contributed by atoms with Crippen LogP contribution in [0.15, 0.2) is 36.4 Å². The molecular formula is C18H20N4O3. The summed E-state index contributed by atoms with van der Waals surface area (Å²) < 4.78 is 0. The number of carbonyl (C=O) groups is 1. The first-order chi connectivity index (χ1) is 12.0. The first kappa shape index (κ1) is 16.8. The Morgan fingerprint density at radius 3 is 2.60 bits per heavy atom. The molecule has 0 radical (unpaired) electrons. The topological polar surface area (TPSA) is 102 Å². The van der Waals surface area contributed by atoms with Gasteiger partial charge in [0.1, 0.15) is 5.69 Å². The summed E-state index contributed by atoms with van der Waals surface area (Å²) in [5.74, 6) is -0.398. The number of nitrogens with two attached hydrogens (primary N) is 1. The molecule has 1 aliphatic rings. The van der Waals surface area contributed by atoms with E-state index >= 15 is 0 Å². The van der Waals surface area contributed by atoms with E-state index in [2.05, 4.69) is 5.32 Å². The van der Waals surface area contributed by atoms with E-state index in [9.17, 15) is 14.9 Å². The molecule has 0 aromatic heterocycles. The van der Waals surface area contributed by atoms with Crippen molar-refractivity contribution >= 4 is 28.7 Å². The predicted molar refractivity (Wildman–Crippen MR) is 98.1 cm³/mol. The average molecular weight is 340 g/mol. The van der Waals surface area contributed by atoms with Crippen LogP contribution in [0.5, 0.6) is 0 Å². The number of nitrogens with one attached hydrogen (secondary N) is 1. The van der Waals surface area contributed by atoms with Crippen LogP contribution in [0.2, 0.25) is 0 Å². The van der Waals surface area contributed by atoms with Crippen molar-refractivity contribution < 1.29 is 9.72 Å². The fourth-order valence-electron chi connectivity index (χ4n) is 3.01. The molecule has 2 aromatic rings. The molecule has 1 fully saturated rings. The van der Waals surface area contributed by atoms with Crippen LogP contribution in [0, 0.1) is 17.0 Å². The summed E-state index contributed by atoms with van der Waals surface area (Å²) in [5, 5.41) is 14.2. The van der Waals surface area contributed by atoms with Crippen LogP contribution >= 0.6 is 0 Å². The zero-order chi connectivity index (χ0) is 18.0. The van der Waals surface area contributed by atoms with E-state index in [-0.39, 0.29) is 11.3 Å². The van der Waals surface area contributed by atoms with Crippen molar-refractivity contribution in [1.29, 1.82) is 0 Å². The molecule has 2 aromatic carbocycles. The van der Waals surface area contributed by atoms with Gasteiger partial charge in [-0.05, 0) is 49.6 Å². The molecule has 1 amide bonds. The fourth-order valence-corrected chi connectivity index (χ4v) is 3.01. The quantitative estimate of drug-likeness (QED) is 0.505. The molecule has 25 heavy (non-hydrogen) atoms. The first-order valence-corrected chi connectivity index (χ1v) is 8.16. The van der Waals surface area contributed by atoms with Gasteiger partial charge in [0.05, 0.1) is 4.92 Å². The highest BCUT2D eigenvalue weighted by atomic mass is 16.6. The van der Waals surface area contributed by atoms with Gasteiger partial charge in [-0.3, -0.25) is 14.9 Å². The summed E-state index contributed by atoms with van der Waals surface area (Å²) in [6.07, 6.45) is 2.04. The van der Waals surface area contributed by atoms with Crippen LogP contribution in [0.4, 0.5) is 22.7 Å². The lowest BCUT2D eigenvalue weighted by Gasteiger charge is -2.18. The molecular weight excluding hydrogens is 320 g/mol. The van der Waals surface area contributed by atoms with Gasteiger partial charge in [-0.15, -0.1) is 0 Å². The largest absolute Gasteiger partial charge is 0.399 e. The summed E-state index contributed by atoms with van der Waals surface area (Å²) in [5.41, 5.74) is 8.52. The van der Waals surface area contributed by atoms with Crippen LogP contribution in [-0.2, 0) is 0 Å². The number of anilines is 3. The van der Waals surface area contributed by atoms with Gasteiger partial charge in [0.2, 0.25) is 0 Å². The molecule has 1 aliphatic heterocycles. The van der Waals surface area contributed by atoms with Crippen molar-refractivity contribution in [2.45, 2.75) is 19.8 Å². The molecule has 7 heteroatoms. The minimum atomic E-state index is -0.434. The fraction of sp³-hybridized carbons (Fsp3) is 0.278. The molecule has 0 aliphatic carbocycles. The maximum Gasteiger partial charge on any atom is 0.293 e. The summed E-state index contributed by atoms with van der Waals surface area (Å²) in [6, 6.07) is 9.84.